The zero-order valence-electron chi connectivity index (χ0n) is 14.8. The minimum atomic E-state index is -1.47. The Morgan fingerprint density at radius 3 is 2.26 bits per heavy atom. The lowest BCUT2D eigenvalue weighted by molar-refractivity contribution is 0.433. The minimum absolute atomic E-state index is 0.493. The molecule has 1 atom stereocenters. The van der Waals surface area contributed by atoms with Crippen LogP contribution >= 0.6 is 0 Å². The van der Waals surface area contributed by atoms with E-state index in [2.05, 4.69) is 5.16 Å². The predicted octanol–water partition coefficient (Wildman–Crippen LogP) is 5.07. The molecule has 5 heteroatoms. The average Bonchev–Trinajstić information content (AvgIpc) is 3.14. The van der Waals surface area contributed by atoms with E-state index in [0.29, 0.717) is 32.5 Å². The van der Waals surface area contributed by atoms with Gasteiger partial charge in [0, 0.05) is 21.7 Å². The summed E-state index contributed by atoms with van der Waals surface area (Å²) in [5.41, 5.74) is 9.85. The first kappa shape index (κ1) is 17.2. The first-order valence-electron chi connectivity index (χ1n) is 8.53. The largest absolute Gasteiger partial charge is 0.398 e. The molecule has 1 heterocycles. The van der Waals surface area contributed by atoms with Crippen LogP contribution in [0.2, 0.25) is 0 Å². The summed E-state index contributed by atoms with van der Waals surface area (Å²) < 4.78 is 19.1. The molecule has 0 saturated heterocycles. The maximum Gasteiger partial charge on any atom is 0.184 e. The van der Waals surface area contributed by atoms with E-state index >= 15 is 0 Å². The van der Waals surface area contributed by atoms with Crippen LogP contribution in [0.5, 0.6) is 0 Å². The van der Waals surface area contributed by atoms with Crippen LogP contribution in [0.15, 0.2) is 93.2 Å². The molecule has 0 aliphatic heterocycles. The van der Waals surface area contributed by atoms with Gasteiger partial charge in [-0.2, -0.15) is 0 Å². The number of benzene rings is 3. The van der Waals surface area contributed by atoms with Crippen LogP contribution in [-0.4, -0.2) is 9.37 Å². The van der Waals surface area contributed by atoms with Gasteiger partial charge in [-0.05, 0) is 25.1 Å². The number of rotatable bonds is 4. The zero-order valence-corrected chi connectivity index (χ0v) is 15.6. The minimum Gasteiger partial charge on any atom is -0.398 e. The third-order valence-corrected chi connectivity index (χ3v) is 5.77. The van der Waals surface area contributed by atoms with Crippen molar-refractivity contribution in [2.24, 2.45) is 0 Å². The molecule has 0 aliphatic rings. The highest BCUT2D eigenvalue weighted by atomic mass is 32.2. The van der Waals surface area contributed by atoms with E-state index in [1.807, 2.05) is 79.7 Å². The second kappa shape index (κ2) is 7.21. The standard InChI is InChI=1S/C22H18N2O2S/c1-15-11-13-17(14-12-15)27(25)22-20(18-9-5-6-10-19(18)23)24-26-21(22)16-7-3-2-4-8-16/h2-14H,23H2,1H3. The Labute approximate surface area is 160 Å². The highest BCUT2D eigenvalue weighted by Gasteiger charge is 2.26. The number of anilines is 1. The topological polar surface area (TPSA) is 69.1 Å². The molecule has 27 heavy (non-hydrogen) atoms. The lowest BCUT2D eigenvalue weighted by Gasteiger charge is -2.07. The second-order valence-corrected chi connectivity index (χ2v) is 7.64. The predicted molar refractivity (Wildman–Crippen MR) is 108 cm³/mol. The summed E-state index contributed by atoms with van der Waals surface area (Å²) in [4.78, 5) is 1.22. The summed E-state index contributed by atoms with van der Waals surface area (Å²) >= 11 is 0. The van der Waals surface area contributed by atoms with E-state index in [0.717, 1.165) is 11.1 Å². The second-order valence-electron chi connectivity index (χ2n) is 6.22. The maximum atomic E-state index is 13.5. The van der Waals surface area contributed by atoms with Crippen LogP contribution in [0.1, 0.15) is 5.56 Å². The molecule has 0 spiro atoms. The number of nitrogens with two attached hydrogens (primary N) is 1. The Bertz CT molecular complexity index is 1100. The van der Waals surface area contributed by atoms with Crippen LogP contribution in [-0.2, 0) is 10.8 Å². The molecule has 3 aromatic carbocycles. The number of nitrogen functional groups attached to an aromatic ring is 1. The smallest absolute Gasteiger partial charge is 0.184 e. The molecule has 4 aromatic rings. The van der Waals surface area contributed by atoms with Crippen molar-refractivity contribution in [2.45, 2.75) is 16.7 Å². The van der Waals surface area contributed by atoms with Gasteiger partial charge in [-0.1, -0.05) is 71.4 Å². The van der Waals surface area contributed by atoms with Crippen LogP contribution < -0.4 is 5.73 Å². The van der Waals surface area contributed by atoms with Gasteiger partial charge < -0.3 is 10.3 Å². The molecule has 0 fully saturated rings. The van der Waals surface area contributed by atoms with Crippen LogP contribution in [0.25, 0.3) is 22.6 Å². The maximum absolute atomic E-state index is 13.5. The van der Waals surface area contributed by atoms with Gasteiger partial charge in [-0.15, -0.1) is 0 Å². The monoisotopic (exact) mass is 374 g/mol. The highest BCUT2D eigenvalue weighted by molar-refractivity contribution is 7.85. The Kier molecular flexibility index (Phi) is 4.60. The number of hydrogen-bond acceptors (Lipinski definition) is 4. The lowest BCUT2D eigenvalue weighted by atomic mass is 10.1. The van der Waals surface area contributed by atoms with Crippen molar-refractivity contribution in [3.63, 3.8) is 0 Å². The fourth-order valence-corrected chi connectivity index (χ4v) is 4.16. The van der Waals surface area contributed by atoms with Gasteiger partial charge in [-0.3, -0.25) is 0 Å². The summed E-state index contributed by atoms with van der Waals surface area (Å²) in [5, 5.41) is 4.24. The quantitative estimate of drug-likeness (QED) is 0.507. The first-order valence-corrected chi connectivity index (χ1v) is 9.68. The third-order valence-electron chi connectivity index (χ3n) is 4.32. The molecule has 2 N–H and O–H groups in total. The molecule has 4 nitrogen and oxygen atoms in total. The Hall–Kier alpha value is -3.18. The van der Waals surface area contributed by atoms with E-state index in [1.165, 1.54) is 0 Å². The van der Waals surface area contributed by atoms with Gasteiger partial charge in [0.15, 0.2) is 5.76 Å². The average molecular weight is 374 g/mol. The fourth-order valence-electron chi connectivity index (χ4n) is 2.89. The number of nitrogens with zero attached hydrogens (tertiary/aromatic N) is 1. The van der Waals surface area contributed by atoms with Gasteiger partial charge >= 0.3 is 0 Å². The van der Waals surface area contributed by atoms with Crippen molar-refractivity contribution in [1.29, 1.82) is 0 Å². The summed E-state index contributed by atoms with van der Waals surface area (Å²) in [5.74, 6) is 0.493. The van der Waals surface area contributed by atoms with Gasteiger partial charge in [0.25, 0.3) is 0 Å². The molecule has 1 aromatic heterocycles. The van der Waals surface area contributed by atoms with Crippen molar-refractivity contribution in [3.05, 3.63) is 84.4 Å². The molecule has 0 saturated carbocycles. The molecule has 0 bridgehead atoms. The first-order chi connectivity index (χ1) is 13.1. The van der Waals surface area contributed by atoms with Crippen molar-refractivity contribution in [1.82, 2.24) is 5.16 Å². The molecular weight excluding hydrogens is 356 g/mol. The fraction of sp³-hybridized carbons (Fsp3) is 0.0455. The normalized spacial score (nSPS) is 12.0. The summed E-state index contributed by atoms with van der Waals surface area (Å²) in [6.45, 7) is 2.00. The van der Waals surface area contributed by atoms with Crippen LogP contribution in [0, 0.1) is 6.92 Å². The number of hydrogen-bond donors (Lipinski definition) is 1. The Morgan fingerprint density at radius 2 is 1.56 bits per heavy atom. The number of para-hydroxylation sites is 1. The van der Waals surface area contributed by atoms with Crippen molar-refractivity contribution < 1.29 is 8.73 Å². The van der Waals surface area contributed by atoms with E-state index in [1.54, 1.807) is 6.07 Å². The third kappa shape index (κ3) is 3.29. The van der Waals surface area contributed by atoms with Crippen LogP contribution in [0.4, 0.5) is 5.69 Å². The Morgan fingerprint density at radius 1 is 0.889 bits per heavy atom. The SMILES string of the molecule is Cc1ccc(S(=O)c2c(-c3ccccc3N)noc2-c2ccccc2)cc1. The summed E-state index contributed by atoms with van der Waals surface area (Å²) in [7, 11) is -1.47. The van der Waals surface area contributed by atoms with Crippen molar-refractivity contribution in [2.75, 3.05) is 5.73 Å². The van der Waals surface area contributed by atoms with Crippen LogP contribution in [0.3, 0.4) is 0 Å². The summed E-state index contributed by atoms with van der Waals surface area (Å²) in [6, 6.07) is 24.6. The molecule has 4 rings (SSSR count). The molecule has 0 amide bonds. The van der Waals surface area contributed by atoms with Crippen molar-refractivity contribution >= 4 is 16.5 Å². The van der Waals surface area contributed by atoms with Gasteiger partial charge in [0.05, 0.1) is 10.8 Å². The lowest BCUT2D eigenvalue weighted by Crippen LogP contribution is -1.98. The molecular formula is C22H18N2O2S. The van der Waals surface area contributed by atoms with E-state index in [-0.39, 0.29) is 0 Å². The highest BCUT2D eigenvalue weighted by Crippen LogP contribution is 2.38. The van der Waals surface area contributed by atoms with E-state index in [9.17, 15) is 4.21 Å². The molecule has 0 aliphatic carbocycles. The molecule has 1 unspecified atom stereocenters. The van der Waals surface area contributed by atoms with Gasteiger partial charge in [0.2, 0.25) is 0 Å². The van der Waals surface area contributed by atoms with Gasteiger partial charge in [-0.25, -0.2) is 4.21 Å². The van der Waals surface area contributed by atoms with Crippen molar-refractivity contribution in [3.8, 4) is 22.6 Å². The number of aryl methyl sites for hydroxylation is 1. The Balaban J connectivity index is 1.94. The summed E-state index contributed by atoms with van der Waals surface area (Å²) in [6.07, 6.45) is 0. The zero-order chi connectivity index (χ0) is 18.8. The number of aromatic nitrogens is 1. The molecule has 0 radical (unpaired) electrons. The van der Waals surface area contributed by atoms with Gasteiger partial charge in [0.1, 0.15) is 10.6 Å². The molecule has 134 valence electrons. The van der Waals surface area contributed by atoms with E-state index < -0.39 is 10.8 Å². The van der Waals surface area contributed by atoms with E-state index in [4.69, 9.17) is 10.3 Å².